The van der Waals surface area contributed by atoms with Gasteiger partial charge in [-0.25, -0.2) is 0 Å². The summed E-state index contributed by atoms with van der Waals surface area (Å²) in [5.74, 6) is 1.79. The number of benzene rings is 10. The van der Waals surface area contributed by atoms with Crippen molar-refractivity contribution in [3.63, 3.8) is 0 Å². The van der Waals surface area contributed by atoms with Crippen LogP contribution in [0.4, 0.5) is 17.1 Å². The Morgan fingerprint density at radius 2 is 1.00 bits per heavy atom. The molecule has 1 aliphatic heterocycles. The van der Waals surface area contributed by atoms with Gasteiger partial charge in [0.05, 0.1) is 33.2 Å². The third-order valence-electron chi connectivity index (χ3n) is 15.4. The fraction of sp³-hybridized carbons (Fsp3) is 0.0625. The molecule has 0 unspecified atom stereocenters. The summed E-state index contributed by atoms with van der Waals surface area (Å²) in [7, 11) is 0. The standard InChI is InChI=1S/C64H42N2O2/c1-63(2)50-28-13-15-33-56(50)68-57-36-34-40(38-52(57)63)65(53-30-17-29-51-59(53)45-22-8-12-27-49(45)64(51)47-25-10-6-20-41(47)42-21-7-11-26-48(42)64)54-31-16-24-43-44-35-37-58-60(46-23-9-14-32-55(46)67-58)62(44)66(61(43)54)39-18-4-3-5-19-39/h3-38H,1-2H3. The summed E-state index contributed by atoms with van der Waals surface area (Å²) < 4.78 is 15.8. The van der Waals surface area contributed by atoms with Crippen molar-refractivity contribution >= 4 is 60.8 Å². The molecule has 0 N–H and O–H groups in total. The Bertz CT molecular complexity index is 4070. The molecule has 0 atom stereocenters. The average Bonchev–Trinajstić information content (AvgIpc) is 4.11. The number of para-hydroxylation sites is 4. The Balaban J connectivity index is 1.09. The van der Waals surface area contributed by atoms with Crippen LogP contribution in [0.3, 0.4) is 0 Å². The number of rotatable bonds is 4. The van der Waals surface area contributed by atoms with Crippen molar-refractivity contribution in [2.45, 2.75) is 24.7 Å². The highest BCUT2D eigenvalue weighted by atomic mass is 16.5. The summed E-state index contributed by atoms with van der Waals surface area (Å²) in [4.78, 5) is 2.55. The van der Waals surface area contributed by atoms with Crippen molar-refractivity contribution in [1.82, 2.24) is 4.57 Å². The number of ether oxygens (including phenoxy) is 1. The minimum atomic E-state index is -0.505. The number of aromatic nitrogens is 1. The lowest BCUT2D eigenvalue weighted by molar-refractivity contribution is 0.418. The molecule has 0 fully saturated rings. The predicted octanol–water partition coefficient (Wildman–Crippen LogP) is 16.9. The Morgan fingerprint density at radius 1 is 0.412 bits per heavy atom. The van der Waals surface area contributed by atoms with E-state index in [1.165, 1.54) is 55.5 Å². The monoisotopic (exact) mass is 870 g/mol. The van der Waals surface area contributed by atoms with Crippen LogP contribution < -0.4 is 9.64 Å². The summed E-state index contributed by atoms with van der Waals surface area (Å²) in [5, 5.41) is 4.54. The maximum Gasteiger partial charge on any atom is 0.137 e. The topological polar surface area (TPSA) is 30.5 Å². The summed E-state index contributed by atoms with van der Waals surface area (Å²) in [6, 6.07) is 80.1. The highest BCUT2D eigenvalue weighted by Gasteiger charge is 2.52. The van der Waals surface area contributed by atoms with Crippen LogP contribution >= 0.6 is 0 Å². The molecule has 1 spiro atoms. The molecule has 10 aromatic carbocycles. The minimum absolute atomic E-state index is 0.336. The first-order valence-electron chi connectivity index (χ1n) is 23.6. The van der Waals surface area contributed by atoms with Gasteiger partial charge in [-0.1, -0.05) is 166 Å². The predicted molar refractivity (Wildman–Crippen MR) is 278 cm³/mol. The molecule has 68 heavy (non-hydrogen) atoms. The summed E-state index contributed by atoms with van der Waals surface area (Å²) >= 11 is 0. The van der Waals surface area contributed by atoms with E-state index in [1.807, 2.05) is 0 Å². The molecule has 0 radical (unpaired) electrons. The maximum absolute atomic E-state index is 6.73. The van der Waals surface area contributed by atoms with E-state index in [4.69, 9.17) is 9.15 Å². The van der Waals surface area contributed by atoms with Gasteiger partial charge in [-0.15, -0.1) is 0 Å². The molecular formula is C64H42N2O2. The Hall–Kier alpha value is -8.60. The number of fused-ring (bicyclic) bond motifs is 19. The van der Waals surface area contributed by atoms with Gasteiger partial charge in [-0.3, -0.25) is 0 Å². The zero-order valence-electron chi connectivity index (χ0n) is 37.5. The smallest absolute Gasteiger partial charge is 0.137 e. The third kappa shape index (κ3) is 4.73. The summed E-state index contributed by atoms with van der Waals surface area (Å²) in [6.07, 6.45) is 0. The van der Waals surface area contributed by atoms with Gasteiger partial charge in [0.1, 0.15) is 22.7 Å². The van der Waals surface area contributed by atoms with E-state index in [0.29, 0.717) is 0 Å². The molecule has 15 rings (SSSR count). The van der Waals surface area contributed by atoms with Crippen LogP contribution in [0.15, 0.2) is 223 Å². The molecule has 320 valence electrons. The van der Waals surface area contributed by atoms with E-state index in [1.54, 1.807) is 0 Å². The van der Waals surface area contributed by atoms with E-state index in [-0.39, 0.29) is 5.41 Å². The molecule has 12 aromatic rings. The molecule has 4 nitrogen and oxygen atoms in total. The van der Waals surface area contributed by atoms with Crippen molar-refractivity contribution in [1.29, 1.82) is 0 Å². The van der Waals surface area contributed by atoms with Gasteiger partial charge in [-0.2, -0.15) is 0 Å². The largest absolute Gasteiger partial charge is 0.457 e. The molecule has 3 heterocycles. The maximum atomic E-state index is 6.73. The van der Waals surface area contributed by atoms with Crippen LogP contribution in [0, 0.1) is 0 Å². The van der Waals surface area contributed by atoms with Gasteiger partial charge in [-0.05, 0) is 106 Å². The summed E-state index contributed by atoms with van der Waals surface area (Å²) in [6.45, 7) is 4.65. The van der Waals surface area contributed by atoms with Crippen LogP contribution in [0.25, 0.3) is 71.7 Å². The van der Waals surface area contributed by atoms with Crippen molar-refractivity contribution in [2.75, 3.05) is 4.90 Å². The first kappa shape index (κ1) is 37.6. The van der Waals surface area contributed by atoms with Crippen molar-refractivity contribution in [3.8, 4) is 39.4 Å². The van der Waals surface area contributed by atoms with Gasteiger partial charge >= 0.3 is 0 Å². The van der Waals surface area contributed by atoms with E-state index < -0.39 is 5.41 Å². The lowest BCUT2D eigenvalue weighted by atomic mass is 9.70. The zero-order chi connectivity index (χ0) is 44.9. The second kappa shape index (κ2) is 13.5. The first-order chi connectivity index (χ1) is 33.5. The van der Waals surface area contributed by atoms with Crippen molar-refractivity contribution < 1.29 is 9.15 Å². The lowest BCUT2D eigenvalue weighted by Crippen LogP contribution is -2.26. The van der Waals surface area contributed by atoms with Gasteiger partial charge in [0.2, 0.25) is 0 Å². The first-order valence-corrected chi connectivity index (χ1v) is 23.6. The third-order valence-corrected chi connectivity index (χ3v) is 15.4. The van der Waals surface area contributed by atoms with Gasteiger partial charge in [0.15, 0.2) is 0 Å². The molecule has 2 aliphatic carbocycles. The Kier molecular flexibility index (Phi) is 7.46. The van der Waals surface area contributed by atoms with Crippen LogP contribution in [0.5, 0.6) is 11.5 Å². The SMILES string of the molecule is CC1(C)c2ccccc2Oc2ccc(N(c3cccc4c3-c3ccccc3C43c4ccccc4-c4ccccc43)c3cccc4c5ccc6oc7ccccc7c6c5n(-c5ccccc5)c34)cc21. The van der Waals surface area contributed by atoms with E-state index in [0.717, 1.165) is 78.2 Å². The Morgan fingerprint density at radius 3 is 1.79 bits per heavy atom. The molecule has 4 heteroatoms. The quantitative estimate of drug-likeness (QED) is 0.177. The molecule has 0 saturated carbocycles. The second-order valence-electron chi connectivity index (χ2n) is 19.1. The van der Waals surface area contributed by atoms with E-state index in [9.17, 15) is 0 Å². The lowest BCUT2D eigenvalue weighted by Gasteiger charge is -2.36. The van der Waals surface area contributed by atoms with Gasteiger partial charge in [0.25, 0.3) is 0 Å². The van der Waals surface area contributed by atoms with Crippen LogP contribution in [0.2, 0.25) is 0 Å². The number of anilines is 3. The van der Waals surface area contributed by atoms with Crippen LogP contribution in [-0.2, 0) is 10.8 Å². The number of hydrogen-bond donors (Lipinski definition) is 0. The second-order valence-corrected chi connectivity index (χ2v) is 19.1. The fourth-order valence-corrected chi connectivity index (χ4v) is 12.6. The summed E-state index contributed by atoms with van der Waals surface area (Å²) in [5.41, 5.74) is 20.1. The molecule has 0 bridgehead atoms. The number of hydrogen-bond acceptors (Lipinski definition) is 3. The van der Waals surface area contributed by atoms with Crippen LogP contribution in [0.1, 0.15) is 47.2 Å². The van der Waals surface area contributed by atoms with E-state index >= 15 is 0 Å². The molecular weight excluding hydrogens is 829 g/mol. The number of furan rings is 1. The minimum Gasteiger partial charge on any atom is -0.457 e. The molecule has 0 amide bonds. The van der Waals surface area contributed by atoms with E-state index in [2.05, 4.69) is 242 Å². The highest BCUT2D eigenvalue weighted by Crippen LogP contribution is 2.65. The molecule has 0 saturated heterocycles. The Labute approximate surface area is 393 Å². The normalized spacial score (nSPS) is 14.4. The van der Waals surface area contributed by atoms with Crippen molar-refractivity contribution in [2.24, 2.45) is 0 Å². The average molecular weight is 871 g/mol. The van der Waals surface area contributed by atoms with Crippen LogP contribution in [-0.4, -0.2) is 4.57 Å². The molecule has 3 aliphatic rings. The number of nitrogens with zero attached hydrogens (tertiary/aromatic N) is 2. The zero-order valence-corrected chi connectivity index (χ0v) is 37.5. The molecule has 2 aromatic heterocycles. The van der Waals surface area contributed by atoms with Gasteiger partial charge in [0, 0.05) is 49.6 Å². The fourth-order valence-electron chi connectivity index (χ4n) is 12.6. The van der Waals surface area contributed by atoms with Gasteiger partial charge < -0.3 is 18.6 Å². The highest BCUT2D eigenvalue weighted by molar-refractivity contribution is 6.26. The van der Waals surface area contributed by atoms with Crippen molar-refractivity contribution in [3.05, 3.63) is 252 Å².